The molecule has 1 aliphatic carbocycles. The molecule has 3 fully saturated rings. The van der Waals surface area contributed by atoms with Crippen molar-refractivity contribution in [3.8, 4) is 0 Å². The van der Waals surface area contributed by atoms with Gasteiger partial charge in [-0.1, -0.05) is 30.3 Å². The molecule has 1 saturated carbocycles. The number of thiazole rings is 1. The first-order valence-corrected chi connectivity index (χ1v) is 15.2. The maximum Gasteiger partial charge on any atom is 0.248 e. The van der Waals surface area contributed by atoms with Crippen LogP contribution in [0.4, 0.5) is 8.78 Å². The lowest BCUT2D eigenvalue weighted by Gasteiger charge is -2.47. The van der Waals surface area contributed by atoms with Gasteiger partial charge in [-0.25, -0.2) is 13.8 Å². The van der Waals surface area contributed by atoms with Gasteiger partial charge in [0.2, 0.25) is 11.8 Å². The molecule has 38 heavy (non-hydrogen) atoms. The Kier molecular flexibility index (Phi) is 7.10. The lowest BCUT2D eigenvalue weighted by molar-refractivity contribution is -0.143. The average Bonchev–Trinajstić information content (AvgIpc) is 3.47. The fraction of sp³-hybridized carbons (Fsp3) is 0.667. The molecule has 5 atom stereocenters. The van der Waals surface area contributed by atoms with Crippen molar-refractivity contribution in [3.05, 3.63) is 51.5 Å². The van der Waals surface area contributed by atoms with Crippen molar-refractivity contribution in [2.24, 2.45) is 11.8 Å². The van der Waals surface area contributed by atoms with Crippen LogP contribution in [0.5, 0.6) is 0 Å². The van der Waals surface area contributed by atoms with Gasteiger partial charge in [-0.3, -0.25) is 4.79 Å². The number of benzene rings is 1. The number of fused-ring (bicyclic) bond motifs is 2. The molecular weight excluding hydrogens is 502 g/mol. The zero-order valence-electron chi connectivity index (χ0n) is 22.5. The zero-order valence-corrected chi connectivity index (χ0v) is 23.3. The molecule has 2 N–H and O–H groups in total. The van der Waals surface area contributed by atoms with E-state index in [4.69, 9.17) is 4.98 Å². The molecule has 2 saturated heterocycles. The standard InChI is InChI=1S/C30H40F2N4OS/c1-19-14-25-27(38-20(2)35-25)29(18-34-19)17-33-16-24(29)28(37)36-13-10-23(21-6-4-3-5-7-21)15-26(36)22-8-11-30(31,32)12-9-22/h3-7,19,22-24,26,33-34H,8-18H2,1-2H3/t19-,23-,24+,26+,29+/m1/s1. The van der Waals surface area contributed by atoms with Gasteiger partial charge in [-0.15, -0.1) is 11.3 Å². The Morgan fingerprint density at radius 3 is 2.66 bits per heavy atom. The monoisotopic (exact) mass is 542 g/mol. The molecule has 0 radical (unpaired) electrons. The minimum atomic E-state index is -2.57. The maximum absolute atomic E-state index is 14.6. The first-order valence-electron chi connectivity index (χ1n) is 14.4. The van der Waals surface area contributed by atoms with E-state index in [1.165, 1.54) is 10.4 Å². The first kappa shape index (κ1) is 26.3. The number of likely N-dealkylation sites (tertiary alicyclic amines) is 1. The van der Waals surface area contributed by atoms with Gasteiger partial charge in [0.25, 0.3) is 0 Å². The van der Waals surface area contributed by atoms with Gasteiger partial charge in [-0.05, 0) is 56.9 Å². The number of hydrogen-bond donors (Lipinski definition) is 2. The average molecular weight is 543 g/mol. The molecule has 1 aromatic carbocycles. The molecule has 206 valence electrons. The highest BCUT2D eigenvalue weighted by molar-refractivity contribution is 7.11. The Morgan fingerprint density at radius 2 is 1.89 bits per heavy atom. The number of aromatic nitrogens is 1. The number of rotatable bonds is 3. The summed E-state index contributed by atoms with van der Waals surface area (Å²) < 4.78 is 28.3. The van der Waals surface area contributed by atoms with Crippen molar-refractivity contribution < 1.29 is 13.6 Å². The van der Waals surface area contributed by atoms with E-state index in [2.05, 4.69) is 53.6 Å². The Bertz CT molecular complexity index is 1150. The van der Waals surface area contributed by atoms with Crippen LogP contribution in [0.15, 0.2) is 30.3 Å². The Labute approximate surface area is 228 Å². The number of nitrogens with one attached hydrogen (secondary N) is 2. The fourth-order valence-corrected chi connectivity index (χ4v) is 8.88. The van der Waals surface area contributed by atoms with Gasteiger partial charge in [0, 0.05) is 67.8 Å². The van der Waals surface area contributed by atoms with Crippen LogP contribution in [0.2, 0.25) is 0 Å². The molecule has 4 aliphatic rings. The Morgan fingerprint density at radius 1 is 1.13 bits per heavy atom. The van der Waals surface area contributed by atoms with E-state index in [0.29, 0.717) is 37.9 Å². The van der Waals surface area contributed by atoms with E-state index in [0.717, 1.165) is 43.1 Å². The molecular formula is C30H40F2N4OS. The van der Waals surface area contributed by atoms with Crippen molar-refractivity contribution in [3.63, 3.8) is 0 Å². The van der Waals surface area contributed by atoms with Gasteiger partial charge in [0.15, 0.2) is 0 Å². The minimum Gasteiger partial charge on any atom is -0.339 e. The van der Waals surface area contributed by atoms with Crippen LogP contribution < -0.4 is 10.6 Å². The molecule has 0 bridgehead atoms. The molecule has 4 heterocycles. The van der Waals surface area contributed by atoms with Crippen molar-refractivity contribution in [2.75, 3.05) is 26.2 Å². The topological polar surface area (TPSA) is 57.3 Å². The Balaban J connectivity index is 1.31. The molecule has 6 rings (SSSR count). The van der Waals surface area contributed by atoms with E-state index in [1.54, 1.807) is 11.3 Å². The van der Waals surface area contributed by atoms with Crippen LogP contribution in [0.25, 0.3) is 0 Å². The molecule has 5 nitrogen and oxygen atoms in total. The number of alkyl halides is 2. The van der Waals surface area contributed by atoms with Crippen molar-refractivity contribution in [1.29, 1.82) is 0 Å². The van der Waals surface area contributed by atoms with Gasteiger partial charge >= 0.3 is 0 Å². The van der Waals surface area contributed by atoms with E-state index >= 15 is 0 Å². The van der Waals surface area contributed by atoms with E-state index < -0.39 is 5.92 Å². The number of piperidine rings is 1. The summed E-state index contributed by atoms with van der Waals surface area (Å²) >= 11 is 1.75. The largest absolute Gasteiger partial charge is 0.339 e. The van der Waals surface area contributed by atoms with Crippen LogP contribution in [0.1, 0.15) is 72.5 Å². The Hall–Kier alpha value is -1.90. The highest BCUT2D eigenvalue weighted by Crippen LogP contribution is 2.47. The third kappa shape index (κ3) is 4.81. The number of carbonyl (C=O) groups excluding carboxylic acids is 1. The lowest BCUT2D eigenvalue weighted by Crippen LogP contribution is -2.56. The summed E-state index contributed by atoms with van der Waals surface area (Å²) in [4.78, 5) is 22.9. The van der Waals surface area contributed by atoms with Crippen LogP contribution in [0.3, 0.4) is 0 Å². The van der Waals surface area contributed by atoms with Crippen molar-refractivity contribution in [1.82, 2.24) is 20.5 Å². The highest BCUT2D eigenvalue weighted by Gasteiger charge is 2.54. The SMILES string of the molecule is Cc1nc2c(s1)[C@@]1(CNC[C@H]1C(=O)N1CC[C@@H](c3ccccc3)C[C@H]1C1CCC(F)(F)CC1)CN[C@H](C)C2. The van der Waals surface area contributed by atoms with E-state index in [1.807, 2.05) is 6.07 Å². The fourth-order valence-electron chi connectivity index (χ4n) is 7.70. The van der Waals surface area contributed by atoms with E-state index in [-0.39, 0.29) is 42.0 Å². The molecule has 0 unspecified atom stereocenters. The predicted octanol–water partition coefficient (Wildman–Crippen LogP) is 5.04. The smallest absolute Gasteiger partial charge is 0.248 e. The van der Waals surface area contributed by atoms with Crippen LogP contribution in [-0.4, -0.2) is 60.0 Å². The van der Waals surface area contributed by atoms with Crippen molar-refractivity contribution in [2.45, 2.75) is 88.1 Å². The maximum atomic E-state index is 14.6. The van der Waals surface area contributed by atoms with Crippen LogP contribution in [-0.2, 0) is 16.6 Å². The lowest BCUT2D eigenvalue weighted by atomic mass is 9.72. The third-order valence-corrected chi connectivity index (χ3v) is 11.0. The summed E-state index contributed by atoms with van der Waals surface area (Å²) in [5.74, 6) is -2.05. The number of amides is 1. The summed E-state index contributed by atoms with van der Waals surface area (Å²) in [6.07, 6.45) is 3.52. The molecule has 8 heteroatoms. The normalized spacial score (nSPS) is 33.7. The zero-order chi connectivity index (χ0) is 26.5. The quantitative estimate of drug-likeness (QED) is 0.571. The first-order chi connectivity index (χ1) is 18.3. The number of halogens is 2. The number of nitrogens with zero attached hydrogens (tertiary/aromatic N) is 2. The van der Waals surface area contributed by atoms with E-state index in [9.17, 15) is 13.6 Å². The second-order valence-corrected chi connectivity index (χ2v) is 13.5. The third-order valence-electron chi connectivity index (χ3n) is 9.78. The van der Waals surface area contributed by atoms with Crippen LogP contribution >= 0.6 is 11.3 Å². The van der Waals surface area contributed by atoms with Crippen molar-refractivity contribution >= 4 is 17.2 Å². The second kappa shape index (κ2) is 10.3. The summed E-state index contributed by atoms with van der Waals surface area (Å²) in [5, 5.41) is 8.34. The number of carbonyl (C=O) groups is 1. The van der Waals surface area contributed by atoms with Gasteiger partial charge in [0.1, 0.15) is 0 Å². The van der Waals surface area contributed by atoms with Gasteiger partial charge < -0.3 is 15.5 Å². The number of hydrogen-bond acceptors (Lipinski definition) is 5. The molecule has 1 aromatic heterocycles. The summed E-state index contributed by atoms with van der Waals surface area (Å²) in [6, 6.07) is 10.9. The predicted molar refractivity (Wildman–Crippen MR) is 147 cm³/mol. The summed E-state index contributed by atoms with van der Waals surface area (Å²) in [7, 11) is 0. The molecule has 1 spiro atoms. The molecule has 2 aromatic rings. The van der Waals surface area contributed by atoms with Gasteiger partial charge in [-0.2, -0.15) is 0 Å². The molecule has 1 amide bonds. The number of aryl methyl sites for hydroxylation is 1. The van der Waals surface area contributed by atoms with Gasteiger partial charge in [0.05, 0.1) is 16.6 Å². The highest BCUT2D eigenvalue weighted by atomic mass is 32.1. The minimum absolute atomic E-state index is 0.00975. The van der Waals surface area contributed by atoms with Crippen LogP contribution in [0, 0.1) is 18.8 Å². The summed E-state index contributed by atoms with van der Waals surface area (Å²) in [6.45, 7) is 7.12. The molecule has 3 aliphatic heterocycles. The second-order valence-electron chi connectivity index (χ2n) is 12.3. The summed E-state index contributed by atoms with van der Waals surface area (Å²) in [5.41, 5.74) is 2.13.